The number of amides is 4. The van der Waals surface area contributed by atoms with Crippen molar-refractivity contribution in [3.05, 3.63) is 64.4 Å². The Morgan fingerprint density at radius 1 is 1.08 bits per heavy atom. The minimum absolute atomic E-state index is 0.0861. The normalized spacial score (nSPS) is 19.5. The van der Waals surface area contributed by atoms with Gasteiger partial charge in [-0.3, -0.25) is 14.5 Å². The van der Waals surface area contributed by atoms with Gasteiger partial charge >= 0.3 is 6.03 Å². The van der Waals surface area contributed by atoms with Gasteiger partial charge in [0.1, 0.15) is 11.0 Å². The summed E-state index contributed by atoms with van der Waals surface area (Å²) >= 11 is 1.35. The maximum Gasteiger partial charge on any atom is 0.323 e. The van der Waals surface area contributed by atoms with Crippen molar-refractivity contribution in [3.8, 4) is 0 Å². The van der Waals surface area contributed by atoms with E-state index in [-0.39, 0.29) is 23.8 Å². The average Bonchev–Trinajstić information content (AvgIpc) is 3.35. The van der Waals surface area contributed by atoms with E-state index in [1.54, 1.807) is 9.80 Å². The van der Waals surface area contributed by atoms with Crippen LogP contribution >= 0.6 is 11.3 Å². The summed E-state index contributed by atoms with van der Waals surface area (Å²) in [6.45, 7) is 7.96. The molecule has 0 spiro atoms. The maximum atomic E-state index is 13.9. The molecular formula is C30H36N4O3S. The average molecular weight is 533 g/mol. The molecule has 0 saturated carbocycles. The molecule has 1 aromatic heterocycles. The van der Waals surface area contributed by atoms with Crippen molar-refractivity contribution in [3.63, 3.8) is 0 Å². The van der Waals surface area contributed by atoms with E-state index in [1.165, 1.54) is 11.3 Å². The first-order valence-electron chi connectivity index (χ1n) is 13.6. The summed E-state index contributed by atoms with van der Waals surface area (Å²) in [7, 11) is 0. The summed E-state index contributed by atoms with van der Waals surface area (Å²) in [6, 6.07) is 15.8. The zero-order chi connectivity index (χ0) is 26.8. The molecule has 4 amide bonds. The fraction of sp³-hybridized carbons (Fsp3) is 0.433. The molecular weight excluding hydrogens is 496 g/mol. The molecule has 1 fully saturated rings. The van der Waals surface area contributed by atoms with E-state index < -0.39 is 6.17 Å². The Morgan fingerprint density at radius 3 is 2.66 bits per heavy atom. The zero-order valence-corrected chi connectivity index (χ0v) is 23.2. The molecule has 1 N–H and O–H groups in total. The lowest BCUT2D eigenvalue weighted by molar-refractivity contribution is -0.135. The van der Waals surface area contributed by atoms with Gasteiger partial charge in [0.15, 0.2) is 0 Å². The van der Waals surface area contributed by atoms with Crippen LogP contribution in [0.3, 0.4) is 0 Å². The summed E-state index contributed by atoms with van der Waals surface area (Å²) in [5.74, 6) is 0.0551. The number of nitrogens with one attached hydrogen (secondary N) is 1. The summed E-state index contributed by atoms with van der Waals surface area (Å²) in [6.07, 6.45) is 2.02. The molecule has 2 aliphatic heterocycles. The van der Waals surface area contributed by atoms with Crippen molar-refractivity contribution in [2.24, 2.45) is 11.8 Å². The Morgan fingerprint density at radius 2 is 1.87 bits per heavy atom. The fourth-order valence-electron chi connectivity index (χ4n) is 5.71. The van der Waals surface area contributed by atoms with Crippen molar-refractivity contribution < 1.29 is 14.4 Å². The van der Waals surface area contributed by atoms with Gasteiger partial charge in [-0.25, -0.2) is 4.79 Å². The van der Waals surface area contributed by atoms with Crippen LogP contribution in [0.5, 0.6) is 0 Å². The van der Waals surface area contributed by atoms with Gasteiger partial charge in [0.05, 0.1) is 18.2 Å². The predicted molar refractivity (Wildman–Crippen MR) is 152 cm³/mol. The Balaban J connectivity index is 1.47. The number of anilines is 1. The highest BCUT2D eigenvalue weighted by molar-refractivity contribution is 7.12. The van der Waals surface area contributed by atoms with E-state index in [0.29, 0.717) is 49.1 Å². The molecule has 1 unspecified atom stereocenters. The van der Waals surface area contributed by atoms with E-state index in [0.717, 1.165) is 29.2 Å². The van der Waals surface area contributed by atoms with Crippen molar-refractivity contribution in [2.45, 2.75) is 52.7 Å². The molecule has 2 atom stereocenters. The quantitative estimate of drug-likeness (QED) is 0.424. The van der Waals surface area contributed by atoms with Crippen molar-refractivity contribution >= 4 is 45.6 Å². The molecule has 5 rings (SSSR count). The van der Waals surface area contributed by atoms with Crippen molar-refractivity contribution in [1.29, 1.82) is 0 Å². The van der Waals surface area contributed by atoms with Gasteiger partial charge in [0.25, 0.3) is 5.91 Å². The molecule has 0 radical (unpaired) electrons. The van der Waals surface area contributed by atoms with Gasteiger partial charge in [-0.2, -0.15) is 0 Å². The fourth-order valence-corrected chi connectivity index (χ4v) is 6.54. The number of hydrogen-bond donors (Lipinski definition) is 1. The Bertz CT molecular complexity index is 1330. The lowest BCUT2D eigenvalue weighted by atomic mass is 9.95. The van der Waals surface area contributed by atoms with Crippen LogP contribution < -0.4 is 10.2 Å². The number of benzene rings is 2. The first-order chi connectivity index (χ1) is 18.4. The molecule has 2 aromatic carbocycles. The molecule has 7 nitrogen and oxygen atoms in total. The van der Waals surface area contributed by atoms with Crippen LogP contribution in [-0.4, -0.2) is 53.4 Å². The summed E-state index contributed by atoms with van der Waals surface area (Å²) < 4.78 is 0. The second-order valence-electron chi connectivity index (χ2n) is 10.7. The van der Waals surface area contributed by atoms with Crippen LogP contribution in [0, 0.1) is 11.8 Å². The van der Waals surface area contributed by atoms with Gasteiger partial charge in [-0.1, -0.05) is 69.7 Å². The van der Waals surface area contributed by atoms with Crippen LogP contribution in [0.25, 0.3) is 10.8 Å². The number of urea groups is 1. The maximum absolute atomic E-state index is 13.9. The second-order valence-corrected chi connectivity index (χ2v) is 11.6. The highest BCUT2D eigenvalue weighted by Crippen LogP contribution is 2.38. The SMILES string of the molecule is CCCCN1CC2N(C[C@@H](CC(C)C)C1=O)C(=O)c1sccc1N2C(=O)NCc1cccc2ccccc12. The van der Waals surface area contributed by atoms with E-state index in [1.807, 2.05) is 40.6 Å². The first-order valence-corrected chi connectivity index (χ1v) is 14.5. The molecule has 1 saturated heterocycles. The molecule has 38 heavy (non-hydrogen) atoms. The number of thiophene rings is 1. The highest BCUT2D eigenvalue weighted by Gasteiger charge is 2.46. The van der Waals surface area contributed by atoms with E-state index >= 15 is 0 Å². The van der Waals surface area contributed by atoms with Crippen molar-refractivity contribution in [2.75, 3.05) is 24.5 Å². The summed E-state index contributed by atoms with van der Waals surface area (Å²) in [4.78, 5) is 47.1. The smallest absolute Gasteiger partial charge is 0.323 e. The van der Waals surface area contributed by atoms with E-state index in [2.05, 4.69) is 44.3 Å². The number of fused-ring (bicyclic) bond motifs is 3. The number of carbonyl (C=O) groups excluding carboxylic acids is 3. The molecule has 0 bridgehead atoms. The lowest BCUT2D eigenvalue weighted by Crippen LogP contribution is -2.61. The monoisotopic (exact) mass is 532 g/mol. The molecule has 8 heteroatoms. The number of carbonyl (C=O) groups is 3. The van der Waals surface area contributed by atoms with Gasteiger partial charge in [-0.15, -0.1) is 11.3 Å². The number of rotatable bonds is 7. The number of nitrogens with zero attached hydrogens (tertiary/aromatic N) is 3. The number of unbranched alkanes of at least 4 members (excludes halogenated alkanes) is 1. The van der Waals surface area contributed by atoms with E-state index in [9.17, 15) is 14.4 Å². The molecule has 0 aliphatic carbocycles. The number of hydrogen-bond acceptors (Lipinski definition) is 4. The van der Waals surface area contributed by atoms with Gasteiger partial charge in [0.2, 0.25) is 5.91 Å². The Kier molecular flexibility index (Phi) is 7.70. The van der Waals surface area contributed by atoms with Crippen LogP contribution in [-0.2, 0) is 11.3 Å². The van der Waals surface area contributed by atoms with Gasteiger partial charge in [0, 0.05) is 19.6 Å². The third kappa shape index (κ3) is 5.01. The van der Waals surface area contributed by atoms with Crippen molar-refractivity contribution in [1.82, 2.24) is 15.1 Å². The largest absolute Gasteiger partial charge is 0.338 e. The third-order valence-corrected chi connectivity index (χ3v) is 8.44. The van der Waals surface area contributed by atoms with Gasteiger partial charge < -0.3 is 15.1 Å². The minimum Gasteiger partial charge on any atom is -0.338 e. The Hall–Kier alpha value is -3.39. The topological polar surface area (TPSA) is 73.0 Å². The summed E-state index contributed by atoms with van der Waals surface area (Å²) in [5, 5.41) is 7.21. The minimum atomic E-state index is -0.546. The van der Waals surface area contributed by atoms with E-state index in [4.69, 9.17) is 0 Å². The third-order valence-electron chi connectivity index (χ3n) is 7.54. The van der Waals surface area contributed by atoms with Crippen LogP contribution in [0.2, 0.25) is 0 Å². The first kappa shape index (κ1) is 26.2. The standard InChI is InChI=1S/C30H36N4O3S/c1-4-5-14-32-19-26-33(18-23(28(32)35)16-20(2)3)29(36)27-25(13-15-38-27)34(26)30(37)31-17-22-11-8-10-21-9-6-7-12-24(21)22/h6-13,15,20,23,26H,4-5,14,16-19H2,1-3H3,(H,31,37)/t23-,26?/m1/s1. The Labute approximate surface area is 228 Å². The van der Waals surface area contributed by atoms with Crippen LogP contribution in [0.15, 0.2) is 53.9 Å². The molecule has 2 aliphatic rings. The molecule has 3 aromatic rings. The molecule has 200 valence electrons. The van der Waals surface area contributed by atoms with Crippen LogP contribution in [0.1, 0.15) is 55.3 Å². The van der Waals surface area contributed by atoms with Crippen LogP contribution in [0.4, 0.5) is 10.5 Å². The molecule has 3 heterocycles. The predicted octanol–water partition coefficient (Wildman–Crippen LogP) is 5.70. The highest BCUT2D eigenvalue weighted by atomic mass is 32.1. The lowest BCUT2D eigenvalue weighted by Gasteiger charge is -2.43. The van der Waals surface area contributed by atoms with Gasteiger partial charge in [-0.05, 0) is 46.5 Å². The zero-order valence-electron chi connectivity index (χ0n) is 22.4. The second kappa shape index (κ2) is 11.2. The summed E-state index contributed by atoms with van der Waals surface area (Å²) in [5.41, 5.74) is 1.66.